The van der Waals surface area contributed by atoms with Gasteiger partial charge in [0.15, 0.2) is 0 Å². The molecule has 0 spiro atoms. The summed E-state index contributed by atoms with van der Waals surface area (Å²) in [6, 6.07) is 12.1. The summed E-state index contributed by atoms with van der Waals surface area (Å²) in [5.74, 6) is -0.450. The number of hydrogen-bond acceptors (Lipinski definition) is 5. The first-order valence-corrected chi connectivity index (χ1v) is 13.2. The molecule has 184 valence electrons. The highest BCUT2D eigenvalue weighted by Gasteiger charge is 2.45. The maximum Gasteiger partial charge on any atom is 0.246 e. The van der Waals surface area contributed by atoms with Crippen molar-refractivity contribution in [3.63, 3.8) is 0 Å². The minimum atomic E-state index is -4.14. The molecule has 0 N–H and O–H groups in total. The monoisotopic (exact) mass is 510 g/mol. The minimum absolute atomic E-state index is 0.0448. The molecule has 2 saturated heterocycles. The lowest BCUT2D eigenvalue weighted by Gasteiger charge is -2.42. The van der Waals surface area contributed by atoms with Crippen molar-refractivity contribution in [2.75, 3.05) is 39.4 Å². The van der Waals surface area contributed by atoms with Crippen molar-refractivity contribution in [1.82, 2.24) is 9.21 Å². The van der Waals surface area contributed by atoms with Crippen molar-refractivity contribution >= 4 is 27.5 Å². The Labute approximate surface area is 204 Å². The van der Waals surface area contributed by atoms with Gasteiger partial charge in [-0.15, -0.1) is 0 Å². The molecule has 0 aromatic heterocycles. The molecular weight excluding hydrogens is 483 g/mol. The molecule has 1 amide bonds. The largest absolute Gasteiger partial charge is 0.490 e. The molecule has 2 heterocycles. The van der Waals surface area contributed by atoms with Crippen LogP contribution in [0.4, 0.5) is 4.39 Å². The highest BCUT2D eigenvalue weighted by Crippen LogP contribution is 2.30. The lowest BCUT2D eigenvalue weighted by atomic mass is 9.97. The highest BCUT2D eigenvalue weighted by atomic mass is 35.5. The summed E-state index contributed by atoms with van der Waals surface area (Å²) in [5, 5.41) is 0.490. The van der Waals surface area contributed by atoms with Crippen molar-refractivity contribution < 1.29 is 27.1 Å². The number of nitrogens with zero attached hydrogens (tertiary/aromatic N) is 2. The maximum absolute atomic E-state index is 14.4. The van der Waals surface area contributed by atoms with Crippen LogP contribution in [0.3, 0.4) is 0 Å². The summed E-state index contributed by atoms with van der Waals surface area (Å²) in [6.07, 6.45) is 2.91. The Morgan fingerprint density at radius 1 is 1.09 bits per heavy atom. The van der Waals surface area contributed by atoms with Crippen LogP contribution in [0.2, 0.25) is 5.02 Å². The van der Waals surface area contributed by atoms with E-state index >= 15 is 0 Å². The third kappa shape index (κ3) is 5.71. The molecule has 34 heavy (non-hydrogen) atoms. The number of morpholine rings is 1. The van der Waals surface area contributed by atoms with E-state index in [0.29, 0.717) is 23.9 Å². The number of rotatable bonds is 7. The quantitative estimate of drug-likeness (QED) is 0.567. The van der Waals surface area contributed by atoms with Gasteiger partial charge in [-0.05, 0) is 49.6 Å². The van der Waals surface area contributed by atoms with Crippen molar-refractivity contribution in [2.24, 2.45) is 0 Å². The summed E-state index contributed by atoms with van der Waals surface area (Å²) < 4.78 is 54.1. The minimum Gasteiger partial charge on any atom is -0.490 e. The standard InChI is InChI=1S/C24H28ClFN2O5S/c25-19-7-6-8-20(15-19)32-18-24(16-23(29)27-11-4-1-5-12-27)17-28(13-14-33-24)34(30,31)22-10-3-2-9-21(22)26/h2-3,6-10,15H,1,4-5,11-14,16-18H2/t24-/m1/s1. The van der Waals surface area contributed by atoms with E-state index in [9.17, 15) is 17.6 Å². The second-order valence-electron chi connectivity index (χ2n) is 8.66. The van der Waals surface area contributed by atoms with Crippen LogP contribution in [-0.4, -0.2) is 68.5 Å². The number of hydrogen-bond donors (Lipinski definition) is 0. The highest BCUT2D eigenvalue weighted by molar-refractivity contribution is 7.89. The molecule has 1 atom stereocenters. The van der Waals surface area contributed by atoms with Gasteiger partial charge in [0.1, 0.15) is 28.7 Å². The molecule has 0 saturated carbocycles. The number of likely N-dealkylation sites (tertiary alicyclic amines) is 1. The van der Waals surface area contributed by atoms with Crippen LogP contribution in [0.25, 0.3) is 0 Å². The zero-order valence-corrected chi connectivity index (χ0v) is 20.4. The number of carbonyl (C=O) groups excluding carboxylic acids is 1. The van der Waals surface area contributed by atoms with Crippen LogP contribution in [0.5, 0.6) is 5.75 Å². The summed E-state index contributed by atoms with van der Waals surface area (Å²) in [6.45, 7) is 1.25. The zero-order chi connectivity index (χ0) is 24.2. The van der Waals surface area contributed by atoms with E-state index < -0.39 is 26.3 Å². The van der Waals surface area contributed by atoms with Gasteiger partial charge in [0.05, 0.1) is 13.0 Å². The Kier molecular flexibility index (Phi) is 7.77. The predicted octanol–water partition coefficient (Wildman–Crippen LogP) is 3.72. The molecule has 2 aliphatic heterocycles. The third-order valence-corrected chi connectivity index (χ3v) is 8.26. The van der Waals surface area contributed by atoms with Crippen molar-refractivity contribution in [2.45, 2.75) is 36.2 Å². The van der Waals surface area contributed by atoms with Gasteiger partial charge in [-0.3, -0.25) is 4.79 Å². The van der Waals surface area contributed by atoms with Gasteiger partial charge < -0.3 is 14.4 Å². The molecule has 7 nitrogen and oxygen atoms in total. The molecule has 0 aliphatic carbocycles. The van der Waals surface area contributed by atoms with Crippen LogP contribution < -0.4 is 4.74 Å². The average Bonchev–Trinajstić information content (AvgIpc) is 2.84. The molecule has 2 aliphatic rings. The molecule has 4 rings (SSSR count). The van der Waals surface area contributed by atoms with Gasteiger partial charge >= 0.3 is 0 Å². The van der Waals surface area contributed by atoms with Gasteiger partial charge in [-0.1, -0.05) is 29.8 Å². The van der Waals surface area contributed by atoms with E-state index in [1.54, 1.807) is 29.2 Å². The van der Waals surface area contributed by atoms with Crippen LogP contribution >= 0.6 is 11.6 Å². The molecule has 0 bridgehead atoms. The van der Waals surface area contributed by atoms with Gasteiger partial charge in [0, 0.05) is 31.2 Å². The first-order valence-electron chi connectivity index (χ1n) is 11.3. The second kappa shape index (κ2) is 10.6. The van der Waals surface area contributed by atoms with Gasteiger partial charge in [0.2, 0.25) is 15.9 Å². The topological polar surface area (TPSA) is 76.1 Å². The van der Waals surface area contributed by atoms with E-state index in [1.165, 1.54) is 22.5 Å². The number of piperidine rings is 1. The van der Waals surface area contributed by atoms with E-state index in [0.717, 1.165) is 25.3 Å². The maximum atomic E-state index is 14.4. The van der Waals surface area contributed by atoms with Crippen molar-refractivity contribution in [3.8, 4) is 5.75 Å². The van der Waals surface area contributed by atoms with Gasteiger partial charge in [0.25, 0.3) is 0 Å². The van der Waals surface area contributed by atoms with E-state index in [4.69, 9.17) is 21.1 Å². The number of carbonyl (C=O) groups is 1. The van der Waals surface area contributed by atoms with E-state index in [2.05, 4.69) is 0 Å². The summed E-state index contributed by atoms with van der Waals surface area (Å²) >= 11 is 6.06. The van der Waals surface area contributed by atoms with E-state index in [1.807, 2.05) is 0 Å². The number of amides is 1. The zero-order valence-electron chi connectivity index (χ0n) is 18.8. The Hall–Kier alpha value is -2.20. The molecule has 2 aromatic rings. The lowest BCUT2D eigenvalue weighted by Crippen LogP contribution is -2.58. The Balaban J connectivity index is 1.59. The fourth-order valence-electron chi connectivity index (χ4n) is 4.36. The summed E-state index contributed by atoms with van der Waals surface area (Å²) in [4.78, 5) is 14.5. The smallest absolute Gasteiger partial charge is 0.246 e. The molecule has 0 unspecified atom stereocenters. The third-order valence-electron chi connectivity index (χ3n) is 6.15. The Bertz CT molecular complexity index is 1130. The number of ether oxygens (including phenoxy) is 2. The first-order chi connectivity index (χ1) is 16.3. The van der Waals surface area contributed by atoms with Crippen LogP contribution in [0.15, 0.2) is 53.4 Å². The lowest BCUT2D eigenvalue weighted by molar-refractivity contribution is -0.151. The Morgan fingerprint density at radius 3 is 2.59 bits per heavy atom. The van der Waals surface area contributed by atoms with Crippen LogP contribution in [0, 0.1) is 5.82 Å². The molecule has 10 heteroatoms. The summed E-state index contributed by atoms with van der Waals surface area (Å²) in [5.41, 5.74) is -1.23. The Morgan fingerprint density at radius 2 is 1.85 bits per heavy atom. The number of sulfonamides is 1. The predicted molar refractivity (Wildman–Crippen MR) is 126 cm³/mol. The normalized spacial score (nSPS) is 21.9. The fraction of sp³-hybridized carbons (Fsp3) is 0.458. The van der Waals surface area contributed by atoms with Gasteiger partial charge in [-0.25, -0.2) is 12.8 Å². The van der Waals surface area contributed by atoms with Crippen LogP contribution in [0.1, 0.15) is 25.7 Å². The van der Waals surface area contributed by atoms with Crippen molar-refractivity contribution in [3.05, 3.63) is 59.4 Å². The second-order valence-corrected chi connectivity index (χ2v) is 11.0. The van der Waals surface area contributed by atoms with Gasteiger partial charge in [-0.2, -0.15) is 4.31 Å². The number of benzene rings is 2. The van der Waals surface area contributed by atoms with E-state index in [-0.39, 0.29) is 38.6 Å². The number of halogens is 2. The average molecular weight is 511 g/mol. The van der Waals surface area contributed by atoms with Crippen LogP contribution in [-0.2, 0) is 19.6 Å². The van der Waals surface area contributed by atoms with Crippen molar-refractivity contribution in [1.29, 1.82) is 0 Å². The fourth-order valence-corrected chi connectivity index (χ4v) is 6.10. The summed E-state index contributed by atoms with van der Waals surface area (Å²) in [7, 11) is -4.14. The molecular formula is C24H28ClFN2O5S. The molecule has 2 fully saturated rings. The molecule has 0 radical (unpaired) electrons. The molecule has 2 aromatic carbocycles. The first kappa shape index (κ1) is 24.9. The SMILES string of the molecule is O=C(C[C@]1(COc2cccc(Cl)c2)CN(S(=O)(=O)c2ccccc2F)CCO1)N1CCCCC1.